The summed E-state index contributed by atoms with van der Waals surface area (Å²) in [5, 5.41) is 0. The number of rotatable bonds is 1. The van der Waals surface area contributed by atoms with Crippen molar-refractivity contribution in [2.75, 3.05) is 11.6 Å². The molecule has 0 radical (unpaired) electrons. The smallest absolute Gasteiger partial charge is 0.0707 e. The highest BCUT2D eigenvalue weighted by molar-refractivity contribution is 5.88. The Morgan fingerprint density at radius 3 is 1.71 bits per heavy atom. The topological polar surface area (TPSA) is 29.3 Å². The second-order valence-corrected chi connectivity index (χ2v) is 4.06. The van der Waals surface area contributed by atoms with Gasteiger partial charge in [-0.25, -0.2) is 0 Å². The molecular weight excluding hydrogens is 208 g/mol. The lowest BCUT2D eigenvalue weighted by atomic mass is 10.1. The van der Waals surface area contributed by atoms with E-state index in [-0.39, 0.29) is 0 Å². The van der Waals surface area contributed by atoms with Crippen LogP contribution in [0, 0.1) is 0 Å². The zero-order chi connectivity index (χ0) is 11.7. The first-order valence-electron chi connectivity index (χ1n) is 5.74. The summed E-state index contributed by atoms with van der Waals surface area (Å²) in [6, 6.07) is 16.6. The summed E-state index contributed by atoms with van der Waals surface area (Å²) in [5.74, 6) is 0. The van der Waals surface area contributed by atoms with Gasteiger partial charge >= 0.3 is 0 Å². The highest BCUT2D eigenvalue weighted by Gasteiger charge is 2.15. The predicted molar refractivity (Wildman–Crippen MR) is 73.0 cm³/mol. The third kappa shape index (κ3) is 1.63. The molecule has 1 aliphatic heterocycles. The van der Waals surface area contributed by atoms with Gasteiger partial charge in [-0.1, -0.05) is 48.6 Å². The molecule has 0 spiro atoms. The molecule has 2 nitrogen and oxygen atoms in total. The molecular formula is C15H14N2. The van der Waals surface area contributed by atoms with Crippen molar-refractivity contribution in [1.82, 2.24) is 0 Å². The maximum atomic E-state index is 5.90. The summed E-state index contributed by atoms with van der Waals surface area (Å²) in [7, 11) is 0. The van der Waals surface area contributed by atoms with Crippen LogP contribution in [-0.4, -0.2) is 6.67 Å². The Bertz CT molecular complexity index is 523. The van der Waals surface area contributed by atoms with Crippen LogP contribution in [0.25, 0.3) is 12.2 Å². The van der Waals surface area contributed by atoms with Crippen molar-refractivity contribution in [3.63, 3.8) is 0 Å². The molecule has 0 bridgehead atoms. The summed E-state index contributed by atoms with van der Waals surface area (Å²) in [4.78, 5) is 2.14. The van der Waals surface area contributed by atoms with Crippen molar-refractivity contribution < 1.29 is 0 Å². The molecule has 0 saturated heterocycles. The third-order valence-electron chi connectivity index (χ3n) is 3.08. The van der Waals surface area contributed by atoms with Gasteiger partial charge in [-0.15, -0.1) is 0 Å². The number of anilines is 2. The molecule has 1 aliphatic rings. The summed E-state index contributed by atoms with van der Waals surface area (Å²) in [6.45, 7) is 0.482. The molecule has 2 aromatic carbocycles. The molecule has 3 rings (SSSR count). The van der Waals surface area contributed by atoms with Gasteiger partial charge in [0.25, 0.3) is 0 Å². The molecule has 0 amide bonds. The van der Waals surface area contributed by atoms with Crippen LogP contribution >= 0.6 is 0 Å². The number of para-hydroxylation sites is 2. The zero-order valence-corrected chi connectivity index (χ0v) is 9.51. The number of nitrogens with two attached hydrogens (primary N) is 1. The van der Waals surface area contributed by atoms with E-state index >= 15 is 0 Å². The van der Waals surface area contributed by atoms with Crippen LogP contribution in [0.1, 0.15) is 11.1 Å². The van der Waals surface area contributed by atoms with Crippen LogP contribution in [0.15, 0.2) is 48.5 Å². The fourth-order valence-electron chi connectivity index (χ4n) is 2.25. The second kappa shape index (κ2) is 4.07. The fourth-order valence-corrected chi connectivity index (χ4v) is 2.25. The molecule has 0 aromatic heterocycles. The van der Waals surface area contributed by atoms with E-state index in [1.807, 2.05) is 24.3 Å². The molecule has 0 fully saturated rings. The van der Waals surface area contributed by atoms with Crippen LogP contribution in [0.5, 0.6) is 0 Å². The number of fused-ring (bicyclic) bond motifs is 2. The van der Waals surface area contributed by atoms with E-state index in [9.17, 15) is 0 Å². The molecule has 0 aliphatic carbocycles. The molecule has 0 atom stereocenters. The van der Waals surface area contributed by atoms with Gasteiger partial charge < -0.3 is 10.6 Å². The van der Waals surface area contributed by atoms with Crippen molar-refractivity contribution in [3.8, 4) is 0 Å². The first-order valence-corrected chi connectivity index (χ1v) is 5.74. The maximum absolute atomic E-state index is 5.90. The first kappa shape index (κ1) is 10.1. The van der Waals surface area contributed by atoms with Crippen molar-refractivity contribution in [2.24, 2.45) is 5.73 Å². The van der Waals surface area contributed by atoms with Gasteiger partial charge in [0, 0.05) is 11.4 Å². The lowest BCUT2D eigenvalue weighted by molar-refractivity contribution is 0.981. The van der Waals surface area contributed by atoms with E-state index in [1.54, 1.807) is 0 Å². The van der Waals surface area contributed by atoms with Gasteiger partial charge in [0.15, 0.2) is 0 Å². The minimum Gasteiger partial charge on any atom is -0.327 e. The highest BCUT2D eigenvalue weighted by Crippen LogP contribution is 2.35. The Morgan fingerprint density at radius 2 is 1.24 bits per heavy atom. The molecule has 17 heavy (non-hydrogen) atoms. The van der Waals surface area contributed by atoms with Crippen molar-refractivity contribution in [2.45, 2.75) is 0 Å². The Morgan fingerprint density at radius 1 is 0.765 bits per heavy atom. The summed E-state index contributed by atoms with van der Waals surface area (Å²) >= 11 is 0. The minimum atomic E-state index is 0.482. The molecule has 0 unspecified atom stereocenters. The lowest BCUT2D eigenvalue weighted by Crippen LogP contribution is -2.25. The van der Waals surface area contributed by atoms with E-state index in [0.717, 1.165) is 11.4 Å². The fraction of sp³-hybridized carbons (Fsp3) is 0.0667. The summed E-state index contributed by atoms with van der Waals surface area (Å²) in [6.07, 6.45) is 4.29. The van der Waals surface area contributed by atoms with Gasteiger partial charge in [0.1, 0.15) is 0 Å². The van der Waals surface area contributed by atoms with E-state index in [1.165, 1.54) is 11.1 Å². The molecule has 0 saturated carbocycles. The van der Waals surface area contributed by atoms with Gasteiger partial charge in [0.2, 0.25) is 0 Å². The highest BCUT2D eigenvalue weighted by atomic mass is 15.2. The normalized spacial score (nSPS) is 12.9. The number of hydrogen-bond donors (Lipinski definition) is 1. The third-order valence-corrected chi connectivity index (χ3v) is 3.08. The van der Waals surface area contributed by atoms with E-state index in [4.69, 9.17) is 5.73 Å². The predicted octanol–water partition coefficient (Wildman–Crippen LogP) is 3.22. The molecule has 84 valence electrons. The van der Waals surface area contributed by atoms with Crippen molar-refractivity contribution >= 4 is 23.5 Å². The SMILES string of the molecule is NCN1c2ccccc2C=Cc2ccccc21. The summed E-state index contributed by atoms with van der Waals surface area (Å²) < 4.78 is 0. The van der Waals surface area contributed by atoms with Gasteiger partial charge in [-0.05, 0) is 23.3 Å². The van der Waals surface area contributed by atoms with Gasteiger partial charge in [-0.3, -0.25) is 0 Å². The van der Waals surface area contributed by atoms with Crippen LogP contribution < -0.4 is 10.6 Å². The van der Waals surface area contributed by atoms with Crippen molar-refractivity contribution in [3.05, 3.63) is 59.7 Å². The largest absolute Gasteiger partial charge is 0.327 e. The monoisotopic (exact) mass is 222 g/mol. The van der Waals surface area contributed by atoms with Crippen LogP contribution in [-0.2, 0) is 0 Å². The second-order valence-electron chi connectivity index (χ2n) is 4.06. The quantitative estimate of drug-likeness (QED) is 0.802. The Balaban J connectivity index is 2.25. The molecule has 1 heterocycles. The molecule has 2 aromatic rings. The average molecular weight is 222 g/mol. The van der Waals surface area contributed by atoms with Gasteiger partial charge in [-0.2, -0.15) is 0 Å². The number of benzene rings is 2. The molecule has 2 heteroatoms. The van der Waals surface area contributed by atoms with Crippen LogP contribution in [0.4, 0.5) is 11.4 Å². The van der Waals surface area contributed by atoms with E-state index in [2.05, 4.69) is 41.3 Å². The van der Waals surface area contributed by atoms with Crippen molar-refractivity contribution in [1.29, 1.82) is 0 Å². The lowest BCUT2D eigenvalue weighted by Gasteiger charge is -2.24. The first-order chi connectivity index (χ1) is 8.40. The van der Waals surface area contributed by atoms with E-state index in [0.29, 0.717) is 6.67 Å². The Hall–Kier alpha value is -2.06. The average Bonchev–Trinajstić information content (AvgIpc) is 2.55. The Labute approximate surface area is 101 Å². The minimum absolute atomic E-state index is 0.482. The van der Waals surface area contributed by atoms with Crippen LogP contribution in [0.2, 0.25) is 0 Å². The molecule has 2 N–H and O–H groups in total. The standard InChI is InChI=1S/C15H14N2/c16-11-17-14-7-3-1-5-12(14)9-10-13-6-2-4-8-15(13)17/h1-10H,11,16H2. The zero-order valence-electron chi connectivity index (χ0n) is 9.51. The van der Waals surface area contributed by atoms with E-state index < -0.39 is 0 Å². The maximum Gasteiger partial charge on any atom is 0.0707 e. The number of hydrogen-bond acceptors (Lipinski definition) is 2. The van der Waals surface area contributed by atoms with Gasteiger partial charge in [0.05, 0.1) is 6.67 Å². The van der Waals surface area contributed by atoms with Crippen LogP contribution in [0.3, 0.4) is 0 Å². The number of nitrogens with zero attached hydrogens (tertiary/aromatic N) is 1. The summed E-state index contributed by atoms with van der Waals surface area (Å²) in [5.41, 5.74) is 10.6. The Kier molecular flexibility index (Phi) is 2.42.